The molecule has 1 aromatic heterocycles. The number of aryl methyl sites for hydroxylation is 2. The number of rotatable bonds is 6. The molecule has 1 amide bonds. The van der Waals surface area contributed by atoms with Crippen molar-refractivity contribution in [1.29, 1.82) is 0 Å². The average molecular weight is 409 g/mol. The van der Waals surface area contributed by atoms with Gasteiger partial charge in [0.25, 0.3) is 11.7 Å². The molecule has 7 nitrogen and oxygen atoms in total. The maximum atomic E-state index is 13.0. The fourth-order valence-electron chi connectivity index (χ4n) is 3.70. The van der Waals surface area contributed by atoms with Gasteiger partial charge in [-0.1, -0.05) is 0 Å². The van der Waals surface area contributed by atoms with Gasteiger partial charge in [-0.2, -0.15) is 0 Å². The first-order valence-corrected chi connectivity index (χ1v) is 9.86. The van der Waals surface area contributed by atoms with Crippen LogP contribution in [0, 0.1) is 13.8 Å². The van der Waals surface area contributed by atoms with Crippen LogP contribution in [0.15, 0.2) is 42.2 Å². The average Bonchev–Trinajstić information content (AvgIpc) is 2.95. The van der Waals surface area contributed by atoms with Crippen LogP contribution in [0.2, 0.25) is 0 Å². The first kappa shape index (κ1) is 21.5. The van der Waals surface area contributed by atoms with Gasteiger partial charge in [-0.25, -0.2) is 0 Å². The number of Topliss-reactive ketones (excluding diaryl/α,β-unsaturated/α-hetero) is 1. The zero-order valence-electron chi connectivity index (χ0n) is 17.7. The number of phenolic OH excluding ortho intramolecular Hbond substituents is 1. The number of carbonyl (C=O) groups is 2. The number of pyridine rings is 1. The fourth-order valence-corrected chi connectivity index (χ4v) is 3.70. The second-order valence-electron chi connectivity index (χ2n) is 7.88. The number of hydrogen-bond donors (Lipinski definition) is 2. The number of aliphatic hydroxyl groups excluding tert-OH is 1. The Balaban J connectivity index is 2.13. The summed E-state index contributed by atoms with van der Waals surface area (Å²) in [4.78, 5) is 33.3. The summed E-state index contributed by atoms with van der Waals surface area (Å²) in [5, 5.41) is 21.5. The molecule has 3 rings (SSSR count). The lowest BCUT2D eigenvalue weighted by molar-refractivity contribution is -0.139. The minimum atomic E-state index is -0.753. The number of aliphatic hydroxyl groups is 1. The van der Waals surface area contributed by atoms with E-state index >= 15 is 0 Å². The van der Waals surface area contributed by atoms with E-state index in [-0.39, 0.29) is 22.6 Å². The summed E-state index contributed by atoms with van der Waals surface area (Å²) >= 11 is 0. The van der Waals surface area contributed by atoms with Crippen LogP contribution in [0.5, 0.6) is 5.75 Å². The molecule has 0 saturated carbocycles. The highest BCUT2D eigenvalue weighted by Crippen LogP contribution is 2.41. The van der Waals surface area contributed by atoms with Crippen LogP contribution in [0.1, 0.15) is 34.7 Å². The smallest absolute Gasteiger partial charge is 0.295 e. The molecule has 1 aliphatic heterocycles. The predicted octanol–water partition coefficient (Wildman–Crippen LogP) is 2.78. The van der Waals surface area contributed by atoms with Crippen molar-refractivity contribution in [3.8, 4) is 5.75 Å². The molecule has 7 heteroatoms. The molecule has 2 N–H and O–H groups in total. The molecule has 1 unspecified atom stereocenters. The van der Waals surface area contributed by atoms with Gasteiger partial charge in [-0.15, -0.1) is 0 Å². The van der Waals surface area contributed by atoms with Crippen molar-refractivity contribution in [2.75, 3.05) is 27.2 Å². The van der Waals surface area contributed by atoms with Gasteiger partial charge < -0.3 is 20.0 Å². The lowest BCUT2D eigenvalue weighted by Crippen LogP contribution is -2.32. The number of benzene rings is 1. The van der Waals surface area contributed by atoms with Crippen molar-refractivity contribution in [1.82, 2.24) is 14.8 Å². The number of carbonyl (C=O) groups excluding carboxylic acids is 2. The van der Waals surface area contributed by atoms with Crippen LogP contribution in [0.3, 0.4) is 0 Å². The van der Waals surface area contributed by atoms with Crippen LogP contribution in [-0.2, 0) is 9.59 Å². The SMILES string of the molecule is Cc1cc(O)c(/C(O)=C2\C(=O)C(=O)N(CCCN(C)C)C2c2ccncc2)cc1C. The van der Waals surface area contributed by atoms with E-state index in [1.807, 2.05) is 32.8 Å². The Morgan fingerprint density at radius 3 is 2.40 bits per heavy atom. The van der Waals surface area contributed by atoms with E-state index in [0.29, 0.717) is 18.5 Å². The quantitative estimate of drug-likeness (QED) is 0.433. The third-order valence-electron chi connectivity index (χ3n) is 5.43. The van der Waals surface area contributed by atoms with Crippen molar-refractivity contribution < 1.29 is 19.8 Å². The summed E-state index contributed by atoms with van der Waals surface area (Å²) in [5.74, 6) is -1.91. The molecule has 1 fully saturated rings. The molecule has 30 heavy (non-hydrogen) atoms. The summed E-state index contributed by atoms with van der Waals surface area (Å²) < 4.78 is 0. The van der Waals surface area contributed by atoms with Crippen LogP contribution in [0.4, 0.5) is 0 Å². The summed E-state index contributed by atoms with van der Waals surface area (Å²) in [6, 6.07) is 5.88. The minimum Gasteiger partial charge on any atom is -0.507 e. The van der Waals surface area contributed by atoms with Gasteiger partial charge in [-0.05, 0) is 81.9 Å². The van der Waals surface area contributed by atoms with Crippen LogP contribution in [0.25, 0.3) is 5.76 Å². The van der Waals surface area contributed by atoms with Gasteiger partial charge in [-0.3, -0.25) is 14.6 Å². The van der Waals surface area contributed by atoms with Crippen molar-refractivity contribution in [3.05, 3.63) is 64.5 Å². The van der Waals surface area contributed by atoms with E-state index in [2.05, 4.69) is 4.98 Å². The highest BCUT2D eigenvalue weighted by atomic mass is 16.3. The predicted molar refractivity (Wildman–Crippen MR) is 114 cm³/mol. The Kier molecular flexibility index (Phi) is 6.22. The molecule has 1 atom stereocenters. The van der Waals surface area contributed by atoms with E-state index in [9.17, 15) is 19.8 Å². The Morgan fingerprint density at radius 2 is 1.77 bits per heavy atom. The molecule has 0 bridgehead atoms. The van der Waals surface area contributed by atoms with Gasteiger partial charge in [0.15, 0.2) is 0 Å². The molecule has 0 aliphatic carbocycles. The second kappa shape index (κ2) is 8.67. The molecule has 0 radical (unpaired) electrons. The minimum absolute atomic E-state index is 0.0189. The van der Waals surface area contributed by atoms with E-state index in [1.165, 1.54) is 4.90 Å². The Labute approximate surface area is 176 Å². The first-order chi connectivity index (χ1) is 14.2. The topological polar surface area (TPSA) is 94.0 Å². The number of aromatic hydroxyl groups is 1. The van der Waals surface area contributed by atoms with Gasteiger partial charge in [0.05, 0.1) is 17.2 Å². The van der Waals surface area contributed by atoms with E-state index in [1.54, 1.807) is 36.7 Å². The molecule has 2 aromatic rings. The second-order valence-corrected chi connectivity index (χ2v) is 7.88. The summed E-state index contributed by atoms with van der Waals surface area (Å²) in [6.07, 6.45) is 3.85. The number of likely N-dealkylation sites (tertiary alicyclic amines) is 1. The van der Waals surface area contributed by atoms with Gasteiger partial charge >= 0.3 is 0 Å². The first-order valence-electron chi connectivity index (χ1n) is 9.86. The maximum absolute atomic E-state index is 13.0. The van der Waals surface area contributed by atoms with E-state index < -0.39 is 17.7 Å². The van der Waals surface area contributed by atoms with Crippen molar-refractivity contribution in [2.24, 2.45) is 0 Å². The van der Waals surface area contributed by atoms with Crippen LogP contribution in [-0.4, -0.2) is 63.9 Å². The lowest BCUT2D eigenvalue weighted by Gasteiger charge is -2.26. The molecule has 1 aliphatic rings. The van der Waals surface area contributed by atoms with Crippen LogP contribution >= 0.6 is 0 Å². The van der Waals surface area contributed by atoms with Crippen molar-refractivity contribution in [3.63, 3.8) is 0 Å². The Hall–Kier alpha value is -3.19. The number of hydrogen-bond acceptors (Lipinski definition) is 6. The standard InChI is InChI=1S/C23H27N3O4/c1-14-12-17(18(27)13-15(14)2)21(28)19-20(16-6-8-24-9-7-16)26(23(30)22(19)29)11-5-10-25(3)4/h6-9,12-13,20,27-28H,5,10-11H2,1-4H3/b21-19+. The highest BCUT2D eigenvalue weighted by Gasteiger charge is 2.46. The third kappa shape index (κ3) is 4.07. The third-order valence-corrected chi connectivity index (χ3v) is 5.43. The van der Waals surface area contributed by atoms with Crippen LogP contribution < -0.4 is 0 Å². The van der Waals surface area contributed by atoms with Crippen molar-refractivity contribution in [2.45, 2.75) is 26.3 Å². The molecule has 0 spiro atoms. The molecule has 1 aromatic carbocycles. The molecule has 2 heterocycles. The largest absolute Gasteiger partial charge is 0.507 e. The zero-order chi connectivity index (χ0) is 22.0. The normalized spacial score (nSPS) is 18.4. The fraction of sp³-hybridized carbons (Fsp3) is 0.348. The Morgan fingerprint density at radius 1 is 1.13 bits per heavy atom. The number of nitrogens with zero attached hydrogens (tertiary/aromatic N) is 3. The van der Waals surface area contributed by atoms with Gasteiger partial charge in [0.2, 0.25) is 0 Å². The molecule has 1 saturated heterocycles. The monoisotopic (exact) mass is 409 g/mol. The number of phenols is 1. The molecule has 158 valence electrons. The summed E-state index contributed by atoms with van der Waals surface area (Å²) in [5.41, 5.74) is 2.52. The number of aromatic nitrogens is 1. The van der Waals surface area contributed by atoms with Crippen molar-refractivity contribution >= 4 is 17.4 Å². The van der Waals surface area contributed by atoms with E-state index in [4.69, 9.17) is 0 Å². The van der Waals surface area contributed by atoms with E-state index in [0.717, 1.165) is 17.7 Å². The molecular formula is C23H27N3O4. The highest BCUT2D eigenvalue weighted by molar-refractivity contribution is 6.46. The number of amides is 1. The summed E-state index contributed by atoms with van der Waals surface area (Å²) in [7, 11) is 3.88. The summed E-state index contributed by atoms with van der Waals surface area (Å²) in [6.45, 7) is 4.82. The lowest BCUT2D eigenvalue weighted by atomic mass is 9.94. The number of ketones is 1. The van der Waals surface area contributed by atoms with Gasteiger partial charge in [0.1, 0.15) is 11.5 Å². The maximum Gasteiger partial charge on any atom is 0.295 e. The Bertz CT molecular complexity index is 999. The zero-order valence-corrected chi connectivity index (χ0v) is 17.7. The van der Waals surface area contributed by atoms with Gasteiger partial charge in [0, 0.05) is 18.9 Å². The molecular weight excluding hydrogens is 382 g/mol.